The summed E-state index contributed by atoms with van der Waals surface area (Å²) < 4.78 is 19.0. The number of benzene rings is 2. The first-order valence-electron chi connectivity index (χ1n) is 6.22. The molecule has 102 valence electrons. The van der Waals surface area contributed by atoms with Crippen LogP contribution in [0.15, 0.2) is 52.1 Å². The van der Waals surface area contributed by atoms with Crippen molar-refractivity contribution in [3.63, 3.8) is 0 Å². The third kappa shape index (κ3) is 2.69. The van der Waals surface area contributed by atoms with Gasteiger partial charge < -0.3 is 10.2 Å². The molecular weight excluding hydrogens is 275 g/mol. The van der Waals surface area contributed by atoms with Gasteiger partial charge in [0.2, 0.25) is 0 Å². The summed E-state index contributed by atoms with van der Waals surface area (Å²) in [6, 6.07) is 12.6. The maximum absolute atomic E-state index is 13.4. The van der Waals surface area contributed by atoms with Crippen LogP contribution in [0.25, 0.3) is 11.1 Å². The van der Waals surface area contributed by atoms with E-state index in [1.807, 2.05) is 24.3 Å². The standard InChI is InChI=1S/C15H13FN2OS/c16-12-6-5-10(7-11(12)8-17)9-20-15-18-13-3-1-2-4-14(13)19-15/h1-7H,8-9,17H2. The number of fused-ring (bicyclic) bond motifs is 1. The summed E-state index contributed by atoms with van der Waals surface area (Å²) in [4.78, 5) is 4.39. The minimum Gasteiger partial charge on any atom is -0.431 e. The fourth-order valence-electron chi connectivity index (χ4n) is 1.93. The van der Waals surface area contributed by atoms with E-state index >= 15 is 0 Å². The molecule has 20 heavy (non-hydrogen) atoms. The third-order valence-electron chi connectivity index (χ3n) is 2.97. The molecule has 0 amide bonds. The van der Waals surface area contributed by atoms with Gasteiger partial charge in [-0.25, -0.2) is 9.37 Å². The van der Waals surface area contributed by atoms with Gasteiger partial charge in [-0.2, -0.15) is 0 Å². The Bertz CT molecular complexity index is 709. The Morgan fingerprint density at radius 3 is 2.85 bits per heavy atom. The third-order valence-corrected chi connectivity index (χ3v) is 3.87. The van der Waals surface area contributed by atoms with Crippen molar-refractivity contribution >= 4 is 22.9 Å². The Balaban J connectivity index is 1.75. The summed E-state index contributed by atoms with van der Waals surface area (Å²) in [7, 11) is 0. The highest BCUT2D eigenvalue weighted by Gasteiger charge is 2.07. The SMILES string of the molecule is NCc1cc(CSc2nc3ccccc3o2)ccc1F. The maximum Gasteiger partial charge on any atom is 0.257 e. The van der Waals surface area contributed by atoms with Crippen LogP contribution in [-0.2, 0) is 12.3 Å². The molecule has 2 N–H and O–H groups in total. The van der Waals surface area contributed by atoms with E-state index in [2.05, 4.69) is 4.98 Å². The molecule has 0 fully saturated rings. The summed E-state index contributed by atoms with van der Waals surface area (Å²) in [5.74, 6) is 0.406. The zero-order valence-corrected chi connectivity index (χ0v) is 11.5. The van der Waals surface area contributed by atoms with Gasteiger partial charge in [0.1, 0.15) is 11.3 Å². The average Bonchev–Trinajstić information content (AvgIpc) is 2.89. The largest absolute Gasteiger partial charge is 0.431 e. The van der Waals surface area contributed by atoms with Crippen molar-refractivity contribution in [1.82, 2.24) is 4.98 Å². The number of halogens is 1. The molecule has 5 heteroatoms. The minimum absolute atomic E-state index is 0.202. The number of rotatable bonds is 4. The number of hydrogen-bond acceptors (Lipinski definition) is 4. The monoisotopic (exact) mass is 288 g/mol. The van der Waals surface area contributed by atoms with Crippen molar-refractivity contribution in [3.05, 3.63) is 59.4 Å². The molecule has 0 saturated carbocycles. The lowest BCUT2D eigenvalue weighted by Gasteiger charge is -2.03. The molecule has 0 aliphatic rings. The van der Waals surface area contributed by atoms with Crippen molar-refractivity contribution in [1.29, 1.82) is 0 Å². The second kappa shape index (κ2) is 5.64. The van der Waals surface area contributed by atoms with E-state index in [0.29, 0.717) is 16.5 Å². The second-order valence-corrected chi connectivity index (χ2v) is 5.29. The molecule has 0 radical (unpaired) electrons. The van der Waals surface area contributed by atoms with Gasteiger partial charge in [0, 0.05) is 17.9 Å². The number of para-hydroxylation sites is 2. The molecule has 1 heterocycles. The molecule has 0 aliphatic carbocycles. The van der Waals surface area contributed by atoms with Gasteiger partial charge in [-0.1, -0.05) is 36.0 Å². The minimum atomic E-state index is -0.261. The van der Waals surface area contributed by atoms with Crippen LogP contribution in [0.2, 0.25) is 0 Å². The van der Waals surface area contributed by atoms with Crippen LogP contribution in [-0.4, -0.2) is 4.98 Å². The van der Waals surface area contributed by atoms with Crippen LogP contribution in [0.4, 0.5) is 4.39 Å². The normalized spacial score (nSPS) is 11.1. The zero-order chi connectivity index (χ0) is 13.9. The molecule has 0 saturated heterocycles. The fourth-order valence-corrected chi connectivity index (χ4v) is 2.71. The zero-order valence-electron chi connectivity index (χ0n) is 10.7. The number of hydrogen-bond donors (Lipinski definition) is 1. The number of oxazole rings is 1. The topological polar surface area (TPSA) is 52.0 Å². The van der Waals surface area contributed by atoms with Gasteiger partial charge in [0.05, 0.1) is 0 Å². The Hall–Kier alpha value is -1.85. The van der Waals surface area contributed by atoms with Gasteiger partial charge >= 0.3 is 0 Å². The maximum atomic E-state index is 13.4. The van der Waals surface area contributed by atoms with Crippen molar-refractivity contribution in [2.24, 2.45) is 5.73 Å². The van der Waals surface area contributed by atoms with Crippen molar-refractivity contribution < 1.29 is 8.81 Å². The van der Waals surface area contributed by atoms with E-state index in [1.54, 1.807) is 12.1 Å². The average molecular weight is 288 g/mol. The van der Waals surface area contributed by atoms with E-state index in [-0.39, 0.29) is 12.4 Å². The Morgan fingerprint density at radius 1 is 1.20 bits per heavy atom. The van der Waals surface area contributed by atoms with Crippen molar-refractivity contribution in [3.8, 4) is 0 Å². The quantitative estimate of drug-likeness (QED) is 0.743. The molecule has 0 spiro atoms. The molecular formula is C15H13FN2OS. The van der Waals surface area contributed by atoms with E-state index < -0.39 is 0 Å². The van der Waals surface area contributed by atoms with Gasteiger partial charge in [-0.3, -0.25) is 0 Å². The summed E-state index contributed by atoms with van der Waals surface area (Å²) >= 11 is 1.48. The first-order chi connectivity index (χ1) is 9.76. The molecule has 3 aromatic rings. The Labute approximate surface area is 120 Å². The molecule has 2 aromatic carbocycles. The highest BCUT2D eigenvalue weighted by molar-refractivity contribution is 7.98. The van der Waals surface area contributed by atoms with E-state index in [4.69, 9.17) is 10.2 Å². The number of thioether (sulfide) groups is 1. The number of nitrogens with zero attached hydrogens (tertiary/aromatic N) is 1. The summed E-state index contributed by atoms with van der Waals surface area (Å²) in [5, 5.41) is 0.616. The van der Waals surface area contributed by atoms with Gasteiger partial charge in [-0.05, 0) is 23.8 Å². The summed E-state index contributed by atoms with van der Waals surface area (Å²) in [6.45, 7) is 0.202. The van der Waals surface area contributed by atoms with Gasteiger partial charge in [0.25, 0.3) is 5.22 Å². The Morgan fingerprint density at radius 2 is 2.05 bits per heavy atom. The predicted octanol–water partition coefficient (Wildman–Crippen LogP) is 3.72. The summed E-state index contributed by atoms with van der Waals surface area (Å²) in [5.41, 5.74) is 8.65. The second-order valence-electron chi connectivity index (χ2n) is 4.37. The van der Waals surface area contributed by atoms with Crippen molar-refractivity contribution in [2.75, 3.05) is 0 Å². The van der Waals surface area contributed by atoms with Crippen LogP contribution >= 0.6 is 11.8 Å². The molecule has 3 nitrogen and oxygen atoms in total. The van der Waals surface area contributed by atoms with Gasteiger partial charge in [0.15, 0.2) is 5.58 Å². The lowest BCUT2D eigenvalue weighted by atomic mass is 10.1. The molecule has 0 unspecified atom stereocenters. The highest BCUT2D eigenvalue weighted by Crippen LogP contribution is 2.26. The Kier molecular flexibility index (Phi) is 3.71. The van der Waals surface area contributed by atoms with Crippen LogP contribution < -0.4 is 5.73 Å². The fraction of sp³-hybridized carbons (Fsp3) is 0.133. The smallest absolute Gasteiger partial charge is 0.257 e. The van der Waals surface area contributed by atoms with Crippen LogP contribution in [0, 0.1) is 5.82 Å². The van der Waals surface area contributed by atoms with Crippen LogP contribution in [0.5, 0.6) is 0 Å². The molecule has 0 bridgehead atoms. The molecule has 3 rings (SSSR count). The van der Waals surface area contributed by atoms with E-state index in [0.717, 1.165) is 16.7 Å². The lowest BCUT2D eigenvalue weighted by molar-refractivity contribution is 0.489. The molecule has 1 aromatic heterocycles. The first kappa shape index (κ1) is 13.1. The molecule has 0 atom stereocenters. The lowest BCUT2D eigenvalue weighted by Crippen LogP contribution is -2.00. The predicted molar refractivity (Wildman–Crippen MR) is 77.9 cm³/mol. The molecule has 0 aliphatic heterocycles. The first-order valence-corrected chi connectivity index (χ1v) is 7.20. The van der Waals surface area contributed by atoms with Crippen LogP contribution in [0.1, 0.15) is 11.1 Å². The number of aromatic nitrogens is 1. The van der Waals surface area contributed by atoms with Gasteiger partial charge in [-0.15, -0.1) is 0 Å². The van der Waals surface area contributed by atoms with E-state index in [1.165, 1.54) is 17.8 Å². The highest BCUT2D eigenvalue weighted by atomic mass is 32.2. The van der Waals surface area contributed by atoms with E-state index in [9.17, 15) is 4.39 Å². The van der Waals surface area contributed by atoms with Crippen LogP contribution in [0.3, 0.4) is 0 Å². The number of nitrogens with two attached hydrogens (primary N) is 1. The summed E-state index contributed by atoms with van der Waals surface area (Å²) in [6.07, 6.45) is 0. The van der Waals surface area contributed by atoms with Crippen molar-refractivity contribution in [2.45, 2.75) is 17.5 Å².